The number of rotatable bonds is 3. The van der Waals surface area contributed by atoms with Crippen LogP contribution in [-0.4, -0.2) is 49.6 Å². The lowest BCUT2D eigenvalue weighted by Crippen LogP contribution is -1.91. The molecule has 0 atom stereocenters. The maximum atomic E-state index is 9.55. The Bertz CT molecular complexity index is 295. The quantitative estimate of drug-likeness (QED) is 0.438. The van der Waals surface area contributed by atoms with Gasteiger partial charge in [0.2, 0.25) is 0 Å². The smallest absolute Gasteiger partial charge is 0.478 e. The van der Waals surface area contributed by atoms with Gasteiger partial charge in [-0.3, -0.25) is 0 Å². The maximum absolute atomic E-state index is 9.55. The van der Waals surface area contributed by atoms with Crippen LogP contribution in [0.2, 0.25) is 0 Å². The second kappa shape index (κ2) is 13.2. The van der Waals surface area contributed by atoms with Crippen LogP contribution in [0.3, 0.4) is 0 Å². The third-order valence-electron chi connectivity index (χ3n) is 0.543. The molecule has 0 fully saturated rings. The van der Waals surface area contributed by atoms with Crippen molar-refractivity contribution in [3.05, 3.63) is 24.8 Å². The molecule has 0 aromatic heterocycles. The van der Waals surface area contributed by atoms with Gasteiger partial charge in [0.05, 0.1) is 0 Å². The van der Waals surface area contributed by atoms with Crippen molar-refractivity contribution in [2.24, 2.45) is 0 Å². The Hall–Kier alpha value is -2.84. The molecule has 0 rings (SSSR count). The van der Waals surface area contributed by atoms with E-state index >= 15 is 0 Å². The summed E-state index contributed by atoms with van der Waals surface area (Å²) in [4.78, 5) is 36.9. The standard InChI is InChI=1S/C4H4O4.C3H4O2.CH2O3/c5-3(6)1-2-4(7)8;1-2-3(4)5;2-1(3)4/h1-2H,(H,5,6)(H,7,8);2H,1H2,(H,4,5);(H2,2,3,4)/b2-1-;;. The summed E-state index contributed by atoms with van der Waals surface area (Å²) in [6, 6.07) is 0. The van der Waals surface area contributed by atoms with Gasteiger partial charge in [-0.1, -0.05) is 6.58 Å². The monoisotopic (exact) mass is 250 g/mol. The highest BCUT2D eigenvalue weighted by atomic mass is 16.6. The van der Waals surface area contributed by atoms with E-state index in [-0.39, 0.29) is 0 Å². The molecular weight excluding hydrogens is 240 g/mol. The van der Waals surface area contributed by atoms with Crippen molar-refractivity contribution in [2.45, 2.75) is 0 Å². The first kappa shape index (κ1) is 19.7. The van der Waals surface area contributed by atoms with Gasteiger partial charge in [-0.15, -0.1) is 0 Å². The predicted molar refractivity (Wildman–Crippen MR) is 52.9 cm³/mol. The van der Waals surface area contributed by atoms with Gasteiger partial charge in [-0.2, -0.15) is 0 Å². The Kier molecular flexibility index (Phi) is 15.2. The first-order chi connectivity index (χ1) is 7.63. The zero-order valence-corrected chi connectivity index (χ0v) is 8.31. The summed E-state index contributed by atoms with van der Waals surface area (Å²) in [6.45, 7) is 2.96. The van der Waals surface area contributed by atoms with Gasteiger partial charge in [-0.25, -0.2) is 19.2 Å². The van der Waals surface area contributed by atoms with Crippen molar-refractivity contribution in [1.29, 1.82) is 0 Å². The second-order valence-corrected chi connectivity index (χ2v) is 1.83. The van der Waals surface area contributed by atoms with Crippen molar-refractivity contribution >= 4 is 24.1 Å². The van der Waals surface area contributed by atoms with Crippen LogP contribution >= 0.6 is 0 Å². The molecule has 0 aromatic carbocycles. The Morgan fingerprint density at radius 3 is 0.941 bits per heavy atom. The van der Waals surface area contributed by atoms with E-state index in [9.17, 15) is 14.4 Å². The zero-order valence-electron chi connectivity index (χ0n) is 8.31. The van der Waals surface area contributed by atoms with Crippen molar-refractivity contribution in [3.8, 4) is 0 Å². The summed E-state index contributed by atoms with van der Waals surface area (Å²) < 4.78 is 0. The molecule has 0 radical (unpaired) electrons. The topological polar surface area (TPSA) is 169 Å². The molecule has 0 aromatic rings. The molecule has 0 heterocycles. The molecule has 0 aliphatic rings. The molecule has 9 nitrogen and oxygen atoms in total. The van der Waals surface area contributed by atoms with Crippen LogP contribution in [-0.2, 0) is 14.4 Å². The van der Waals surface area contributed by atoms with E-state index in [1.807, 2.05) is 0 Å². The normalized spacial score (nSPS) is 7.76. The molecule has 5 N–H and O–H groups in total. The van der Waals surface area contributed by atoms with Crippen molar-refractivity contribution in [2.75, 3.05) is 0 Å². The van der Waals surface area contributed by atoms with Crippen molar-refractivity contribution in [1.82, 2.24) is 0 Å². The number of hydrogen-bond donors (Lipinski definition) is 5. The van der Waals surface area contributed by atoms with Crippen LogP contribution in [0.15, 0.2) is 24.8 Å². The number of aliphatic carboxylic acids is 3. The summed E-state index contributed by atoms with van der Waals surface area (Å²) in [5.41, 5.74) is 0. The first-order valence-electron chi connectivity index (χ1n) is 3.54. The van der Waals surface area contributed by atoms with Gasteiger partial charge in [-0.05, 0) is 0 Å². The number of carbonyl (C=O) groups is 4. The molecule has 96 valence electrons. The van der Waals surface area contributed by atoms with E-state index in [4.69, 9.17) is 30.3 Å². The second-order valence-electron chi connectivity index (χ2n) is 1.83. The van der Waals surface area contributed by atoms with Crippen LogP contribution < -0.4 is 0 Å². The third kappa shape index (κ3) is 94.7. The molecule has 0 aliphatic carbocycles. The van der Waals surface area contributed by atoms with E-state index in [0.29, 0.717) is 12.2 Å². The van der Waals surface area contributed by atoms with E-state index < -0.39 is 24.1 Å². The maximum Gasteiger partial charge on any atom is 0.503 e. The van der Waals surface area contributed by atoms with E-state index in [1.165, 1.54) is 0 Å². The van der Waals surface area contributed by atoms with Crippen LogP contribution in [0.5, 0.6) is 0 Å². The summed E-state index contributed by atoms with van der Waals surface area (Å²) in [5.74, 6) is -3.50. The third-order valence-corrected chi connectivity index (χ3v) is 0.543. The Balaban J connectivity index is -0.000000188. The molecule has 17 heavy (non-hydrogen) atoms. The molecule has 9 heteroatoms. The first-order valence-corrected chi connectivity index (χ1v) is 3.54. The molecule has 0 aliphatic heterocycles. The lowest BCUT2D eigenvalue weighted by Gasteiger charge is -1.74. The molecule has 0 saturated carbocycles. The van der Waals surface area contributed by atoms with Gasteiger partial charge in [0.1, 0.15) is 0 Å². The molecule has 0 spiro atoms. The summed E-state index contributed by atoms with van der Waals surface area (Å²) in [6.07, 6.45) is 0.116. The van der Waals surface area contributed by atoms with E-state index in [0.717, 1.165) is 6.08 Å². The van der Waals surface area contributed by atoms with Gasteiger partial charge >= 0.3 is 24.1 Å². The minimum Gasteiger partial charge on any atom is -0.478 e. The fourth-order valence-electron chi connectivity index (χ4n) is 0.143. The average Bonchev–Trinajstić information content (AvgIpc) is 2.14. The predicted octanol–water partition coefficient (Wildman–Crippen LogP) is 0.191. The van der Waals surface area contributed by atoms with Crippen LogP contribution in [0.4, 0.5) is 4.79 Å². The van der Waals surface area contributed by atoms with Gasteiger partial charge in [0, 0.05) is 18.2 Å². The largest absolute Gasteiger partial charge is 0.503 e. The minimum absolute atomic E-state index is 0.558. The molecular formula is C8H10O9. The summed E-state index contributed by atoms with van der Waals surface area (Å²) in [5, 5.41) is 37.2. The Labute approximate surface area is 94.5 Å². The minimum atomic E-state index is -1.83. The SMILES string of the molecule is C=CC(=O)O.O=C(O)/C=C\C(=O)O.O=C(O)O. The highest BCUT2D eigenvalue weighted by Gasteiger charge is 1.88. The lowest BCUT2D eigenvalue weighted by atomic mass is 10.5. The fraction of sp³-hybridized carbons (Fsp3) is 0. The molecule has 0 unspecified atom stereocenters. The van der Waals surface area contributed by atoms with E-state index in [2.05, 4.69) is 6.58 Å². The van der Waals surface area contributed by atoms with Crippen LogP contribution in [0, 0.1) is 0 Å². The lowest BCUT2D eigenvalue weighted by molar-refractivity contribution is -0.134. The van der Waals surface area contributed by atoms with Crippen LogP contribution in [0.1, 0.15) is 0 Å². The zero-order chi connectivity index (χ0) is 14.4. The van der Waals surface area contributed by atoms with Gasteiger partial charge in [0.15, 0.2) is 0 Å². The Morgan fingerprint density at radius 1 is 0.706 bits per heavy atom. The van der Waals surface area contributed by atoms with Crippen LogP contribution in [0.25, 0.3) is 0 Å². The fourth-order valence-corrected chi connectivity index (χ4v) is 0.143. The molecule has 0 bridgehead atoms. The highest BCUT2D eigenvalue weighted by molar-refractivity contribution is 5.89. The average molecular weight is 250 g/mol. The number of carboxylic acids is 3. The highest BCUT2D eigenvalue weighted by Crippen LogP contribution is 1.70. The Morgan fingerprint density at radius 2 is 0.882 bits per heavy atom. The number of hydrogen-bond acceptors (Lipinski definition) is 4. The van der Waals surface area contributed by atoms with Gasteiger partial charge in [0.25, 0.3) is 0 Å². The molecule has 0 saturated heterocycles. The van der Waals surface area contributed by atoms with Crippen molar-refractivity contribution < 1.29 is 44.7 Å². The number of carboxylic acid groups (broad SMARTS) is 5. The van der Waals surface area contributed by atoms with Gasteiger partial charge < -0.3 is 25.5 Å². The summed E-state index contributed by atoms with van der Waals surface area (Å²) >= 11 is 0. The molecule has 0 amide bonds. The summed E-state index contributed by atoms with van der Waals surface area (Å²) in [7, 11) is 0. The van der Waals surface area contributed by atoms with Crippen molar-refractivity contribution in [3.63, 3.8) is 0 Å². The van der Waals surface area contributed by atoms with E-state index in [1.54, 1.807) is 0 Å².